The molecule has 2 aliphatic heterocycles. The van der Waals surface area contributed by atoms with Crippen molar-refractivity contribution in [1.82, 2.24) is 25.9 Å². The number of pyridine rings is 1. The average molecular weight is 601 g/mol. The van der Waals surface area contributed by atoms with Crippen LogP contribution in [0, 0.1) is 16.7 Å². The molecular weight excluding hydrogens is 556 g/mol. The second kappa shape index (κ2) is 12.2. The van der Waals surface area contributed by atoms with Gasteiger partial charge in [0.05, 0.1) is 33.5 Å². The minimum absolute atomic E-state index is 0.0107. The van der Waals surface area contributed by atoms with Gasteiger partial charge in [0.1, 0.15) is 6.07 Å². The molecule has 228 valence electrons. The van der Waals surface area contributed by atoms with Crippen LogP contribution in [0.5, 0.6) is 0 Å². The number of rotatable bonds is 7. The van der Waals surface area contributed by atoms with Crippen molar-refractivity contribution >= 4 is 33.9 Å². The Labute approximate surface area is 261 Å². The van der Waals surface area contributed by atoms with E-state index in [2.05, 4.69) is 121 Å². The maximum absolute atomic E-state index is 9.95. The smallest absolute Gasteiger partial charge is 0.103 e. The maximum Gasteiger partial charge on any atom is 0.103 e. The van der Waals surface area contributed by atoms with Crippen molar-refractivity contribution in [2.75, 3.05) is 23.7 Å². The standard InChI is InChI=1S/C34H45ClN8/c1-22(33(2,3)4)38-30-24(19-36)20-37-32-27(30)17-25(18-28(32)35)39-31(23-11-9-8-10-12-23)29-21-43(41-40-29)26-13-15-42(16-14-26)34(5,6)7/h8-12,17-18,20-22,26,31,39-41H,13-16H2,1-7H3,(H,37,38)/t22-,31-/m0/s1. The van der Waals surface area contributed by atoms with Gasteiger partial charge in [-0.05, 0) is 63.6 Å². The minimum atomic E-state index is -0.168. The Hall–Kier alpha value is -3.51. The molecule has 2 atom stereocenters. The predicted octanol–water partition coefficient (Wildman–Crippen LogP) is 7.19. The maximum atomic E-state index is 9.95. The second-order valence-electron chi connectivity index (χ2n) is 13.9. The number of nitrogens with one attached hydrogen (secondary N) is 4. The molecule has 4 N–H and O–H groups in total. The number of aromatic nitrogens is 1. The van der Waals surface area contributed by atoms with E-state index in [-0.39, 0.29) is 23.0 Å². The number of piperidine rings is 1. The fraction of sp³-hybridized carbons (Fsp3) is 0.471. The zero-order valence-electron chi connectivity index (χ0n) is 26.4. The fourth-order valence-electron chi connectivity index (χ4n) is 5.67. The van der Waals surface area contributed by atoms with Gasteiger partial charge < -0.3 is 16.1 Å². The van der Waals surface area contributed by atoms with Crippen LogP contribution in [0.2, 0.25) is 5.02 Å². The molecule has 2 aliphatic rings. The molecule has 1 aromatic heterocycles. The van der Waals surface area contributed by atoms with Crippen molar-refractivity contribution < 1.29 is 0 Å². The number of anilines is 2. The Bertz CT molecular complexity index is 1510. The number of hydrogen-bond donors (Lipinski definition) is 4. The Morgan fingerprint density at radius 2 is 1.74 bits per heavy atom. The molecule has 0 amide bonds. The van der Waals surface area contributed by atoms with Crippen molar-refractivity contribution in [3.63, 3.8) is 0 Å². The zero-order chi connectivity index (χ0) is 30.9. The van der Waals surface area contributed by atoms with Crippen molar-refractivity contribution in [3.8, 4) is 6.07 Å². The van der Waals surface area contributed by atoms with E-state index in [9.17, 15) is 5.26 Å². The van der Waals surface area contributed by atoms with Crippen LogP contribution in [0.3, 0.4) is 0 Å². The molecule has 0 spiro atoms. The van der Waals surface area contributed by atoms with E-state index in [4.69, 9.17) is 11.6 Å². The van der Waals surface area contributed by atoms with Crippen molar-refractivity contribution in [1.29, 1.82) is 5.26 Å². The van der Waals surface area contributed by atoms with Gasteiger partial charge in [-0.25, -0.2) is 0 Å². The first-order valence-electron chi connectivity index (χ1n) is 15.2. The number of likely N-dealkylation sites (tertiary alicyclic amines) is 1. The summed E-state index contributed by atoms with van der Waals surface area (Å²) in [5.74, 6) is 0. The van der Waals surface area contributed by atoms with Gasteiger partial charge >= 0.3 is 0 Å². The molecule has 2 aromatic carbocycles. The van der Waals surface area contributed by atoms with Crippen LogP contribution in [0.1, 0.15) is 78.5 Å². The molecule has 0 aliphatic carbocycles. The highest BCUT2D eigenvalue weighted by Gasteiger charge is 2.32. The summed E-state index contributed by atoms with van der Waals surface area (Å²) in [5, 5.41) is 20.9. The van der Waals surface area contributed by atoms with E-state index < -0.39 is 0 Å². The van der Waals surface area contributed by atoms with Crippen LogP contribution in [0.25, 0.3) is 10.9 Å². The first kappa shape index (κ1) is 30.9. The summed E-state index contributed by atoms with van der Waals surface area (Å²) >= 11 is 6.85. The lowest BCUT2D eigenvalue weighted by atomic mass is 9.87. The SMILES string of the molecule is C[C@H](Nc1c(C#N)cnc2c(Cl)cc(N[C@H](C3=CN(C4CCN(C(C)(C)C)CC4)NN3)c3ccccc3)cc12)C(C)(C)C. The largest absolute Gasteiger partial charge is 0.380 e. The zero-order valence-corrected chi connectivity index (χ0v) is 27.2. The van der Waals surface area contributed by atoms with Crippen LogP contribution in [-0.4, -0.2) is 45.6 Å². The highest BCUT2D eigenvalue weighted by Crippen LogP contribution is 2.37. The van der Waals surface area contributed by atoms with E-state index >= 15 is 0 Å². The topological polar surface area (TPSA) is 91.3 Å². The molecule has 0 bridgehead atoms. The van der Waals surface area contributed by atoms with E-state index in [1.807, 2.05) is 18.2 Å². The van der Waals surface area contributed by atoms with Gasteiger partial charge in [0.15, 0.2) is 0 Å². The molecule has 5 rings (SSSR count). The van der Waals surface area contributed by atoms with Crippen LogP contribution in [-0.2, 0) is 0 Å². The third kappa shape index (κ3) is 6.85. The molecule has 3 aromatic rings. The van der Waals surface area contributed by atoms with Gasteiger partial charge in [0.25, 0.3) is 0 Å². The highest BCUT2D eigenvalue weighted by atomic mass is 35.5. The molecule has 43 heavy (non-hydrogen) atoms. The van der Waals surface area contributed by atoms with Crippen LogP contribution >= 0.6 is 11.6 Å². The van der Waals surface area contributed by atoms with E-state index in [0.717, 1.165) is 54.0 Å². The quantitative estimate of drug-likeness (QED) is 0.226. The summed E-state index contributed by atoms with van der Waals surface area (Å²) in [6.45, 7) is 17.7. The van der Waals surface area contributed by atoms with E-state index in [1.165, 1.54) is 0 Å². The van der Waals surface area contributed by atoms with Gasteiger partial charge in [-0.2, -0.15) is 5.26 Å². The highest BCUT2D eigenvalue weighted by molar-refractivity contribution is 6.35. The number of hydrogen-bond acceptors (Lipinski definition) is 8. The van der Waals surface area contributed by atoms with Gasteiger partial charge in [-0.3, -0.25) is 14.9 Å². The third-order valence-electron chi connectivity index (χ3n) is 8.87. The summed E-state index contributed by atoms with van der Waals surface area (Å²) in [4.78, 5) is 7.12. The predicted molar refractivity (Wildman–Crippen MR) is 177 cm³/mol. The normalized spacial score (nSPS) is 18.1. The van der Waals surface area contributed by atoms with Gasteiger partial charge in [-0.1, -0.05) is 62.7 Å². The van der Waals surface area contributed by atoms with Crippen LogP contribution in [0.15, 0.2) is 60.6 Å². The van der Waals surface area contributed by atoms with Crippen molar-refractivity contribution in [2.24, 2.45) is 5.41 Å². The average Bonchev–Trinajstić information content (AvgIpc) is 3.46. The lowest BCUT2D eigenvalue weighted by molar-refractivity contribution is 0.0570. The number of hydrazine groups is 2. The Morgan fingerprint density at radius 3 is 2.37 bits per heavy atom. The molecule has 0 saturated carbocycles. The molecule has 0 unspecified atom stereocenters. The molecule has 9 heteroatoms. The summed E-state index contributed by atoms with van der Waals surface area (Å²) in [7, 11) is 0. The molecule has 8 nitrogen and oxygen atoms in total. The third-order valence-corrected chi connectivity index (χ3v) is 9.16. The number of halogens is 1. The first-order chi connectivity index (χ1) is 20.3. The summed E-state index contributed by atoms with van der Waals surface area (Å²) in [6.07, 6.45) is 5.98. The van der Waals surface area contributed by atoms with Gasteiger partial charge in [0, 0.05) is 54.2 Å². The molecule has 3 heterocycles. The molecule has 0 radical (unpaired) electrons. The Kier molecular flexibility index (Phi) is 8.80. The summed E-state index contributed by atoms with van der Waals surface area (Å²) in [5.41, 5.74) is 11.9. The lowest BCUT2D eigenvalue weighted by Crippen LogP contribution is -2.52. The lowest BCUT2D eigenvalue weighted by Gasteiger charge is -2.42. The Balaban J connectivity index is 1.47. The minimum Gasteiger partial charge on any atom is -0.380 e. The molecule has 1 saturated heterocycles. The van der Waals surface area contributed by atoms with Crippen molar-refractivity contribution in [2.45, 2.75) is 85.0 Å². The van der Waals surface area contributed by atoms with Crippen LogP contribution < -0.4 is 21.6 Å². The van der Waals surface area contributed by atoms with Crippen LogP contribution in [0.4, 0.5) is 11.4 Å². The first-order valence-corrected chi connectivity index (χ1v) is 15.6. The molecular formula is C34H45ClN8. The fourth-order valence-corrected chi connectivity index (χ4v) is 5.94. The van der Waals surface area contributed by atoms with Gasteiger partial charge in [-0.15, -0.1) is 5.53 Å². The van der Waals surface area contributed by atoms with Gasteiger partial charge in [0.2, 0.25) is 0 Å². The van der Waals surface area contributed by atoms with Crippen molar-refractivity contribution in [3.05, 3.63) is 76.7 Å². The number of nitriles is 1. The monoisotopic (exact) mass is 600 g/mol. The molecule has 1 fully saturated rings. The summed E-state index contributed by atoms with van der Waals surface area (Å²) < 4.78 is 0. The number of benzene rings is 2. The summed E-state index contributed by atoms with van der Waals surface area (Å²) in [6, 6.07) is 17.0. The van der Waals surface area contributed by atoms with E-state index in [1.54, 1.807) is 6.20 Å². The second-order valence-corrected chi connectivity index (χ2v) is 14.3. The Morgan fingerprint density at radius 1 is 1.05 bits per heavy atom. The number of nitrogens with zero attached hydrogens (tertiary/aromatic N) is 4. The number of fused-ring (bicyclic) bond motifs is 1. The van der Waals surface area contributed by atoms with E-state index in [0.29, 0.717) is 22.1 Å².